The average molecular weight is 208 g/mol. The number of hydrogen-bond donors (Lipinski definition) is 1. The van der Waals surface area contributed by atoms with Crippen LogP contribution in [0.25, 0.3) is 0 Å². The van der Waals surface area contributed by atoms with Gasteiger partial charge in [0.2, 0.25) is 5.56 Å². The van der Waals surface area contributed by atoms with Gasteiger partial charge in [0, 0.05) is 38.0 Å². The van der Waals surface area contributed by atoms with Crippen LogP contribution in [0.2, 0.25) is 0 Å². The van der Waals surface area contributed by atoms with Crippen LogP contribution >= 0.6 is 0 Å². The van der Waals surface area contributed by atoms with Gasteiger partial charge in [-0.3, -0.25) is 9.59 Å². The van der Waals surface area contributed by atoms with Crippen molar-refractivity contribution in [3.05, 3.63) is 34.2 Å². The van der Waals surface area contributed by atoms with Crippen LogP contribution in [0.15, 0.2) is 23.1 Å². The number of likely N-dealkylation sites (tertiary alicyclic amines) is 1. The quantitative estimate of drug-likeness (QED) is 0.735. The van der Waals surface area contributed by atoms with Crippen molar-refractivity contribution in [1.29, 1.82) is 0 Å². The maximum Gasteiger partial charge on any atom is 0.254 e. The van der Waals surface area contributed by atoms with E-state index in [4.69, 9.17) is 4.74 Å². The molecule has 2 heterocycles. The van der Waals surface area contributed by atoms with Crippen molar-refractivity contribution in [2.75, 3.05) is 20.2 Å². The van der Waals surface area contributed by atoms with Crippen LogP contribution < -0.4 is 5.56 Å². The molecule has 5 heteroatoms. The molecule has 1 aliphatic heterocycles. The van der Waals surface area contributed by atoms with Crippen molar-refractivity contribution in [2.45, 2.75) is 6.10 Å². The van der Waals surface area contributed by atoms with E-state index < -0.39 is 0 Å². The molecule has 1 saturated heterocycles. The summed E-state index contributed by atoms with van der Waals surface area (Å²) in [6.45, 7) is 1.20. The lowest BCUT2D eigenvalue weighted by Crippen LogP contribution is -2.54. The Kier molecular flexibility index (Phi) is 2.55. The molecule has 1 N–H and O–H groups in total. The number of carbonyl (C=O) groups excluding carboxylic acids is 1. The molecule has 1 fully saturated rings. The number of hydrogen-bond acceptors (Lipinski definition) is 3. The van der Waals surface area contributed by atoms with Gasteiger partial charge in [-0.1, -0.05) is 0 Å². The minimum absolute atomic E-state index is 0.116. The van der Waals surface area contributed by atoms with Gasteiger partial charge in [0.05, 0.1) is 6.10 Å². The molecule has 0 aliphatic carbocycles. The monoisotopic (exact) mass is 208 g/mol. The number of methoxy groups -OCH3 is 1. The number of carbonyl (C=O) groups is 1. The topological polar surface area (TPSA) is 62.4 Å². The SMILES string of the molecule is COC1CN(C(=O)c2cc[nH]c(=O)c2)C1. The molecule has 1 amide bonds. The Morgan fingerprint density at radius 1 is 1.60 bits per heavy atom. The van der Waals surface area contributed by atoms with Gasteiger partial charge in [-0.05, 0) is 6.07 Å². The maximum atomic E-state index is 11.8. The molecule has 0 aromatic carbocycles. The molecule has 5 nitrogen and oxygen atoms in total. The summed E-state index contributed by atoms with van der Waals surface area (Å²) in [5.41, 5.74) is 0.165. The minimum Gasteiger partial charge on any atom is -0.378 e. The van der Waals surface area contributed by atoms with E-state index in [1.54, 1.807) is 18.1 Å². The standard InChI is InChI=1S/C10H12N2O3/c1-15-8-5-12(6-8)10(14)7-2-3-11-9(13)4-7/h2-4,8H,5-6H2,1H3,(H,11,13). The van der Waals surface area contributed by atoms with E-state index in [0.29, 0.717) is 18.7 Å². The molecule has 0 spiro atoms. The van der Waals surface area contributed by atoms with Crippen LogP contribution in [0.3, 0.4) is 0 Å². The van der Waals surface area contributed by atoms with Crippen molar-refractivity contribution in [2.24, 2.45) is 0 Å². The van der Waals surface area contributed by atoms with E-state index in [2.05, 4.69) is 4.98 Å². The number of aromatic amines is 1. The van der Waals surface area contributed by atoms with Gasteiger partial charge in [0.25, 0.3) is 5.91 Å². The van der Waals surface area contributed by atoms with E-state index in [1.807, 2.05) is 0 Å². The highest BCUT2D eigenvalue weighted by atomic mass is 16.5. The number of nitrogens with zero attached hydrogens (tertiary/aromatic N) is 1. The number of rotatable bonds is 2. The summed E-state index contributed by atoms with van der Waals surface area (Å²) in [5.74, 6) is -0.116. The second kappa shape index (κ2) is 3.86. The molecule has 1 aromatic rings. The first-order valence-corrected chi connectivity index (χ1v) is 4.71. The number of pyridine rings is 1. The van der Waals surface area contributed by atoms with Crippen molar-refractivity contribution in [3.8, 4) is 0 Å². The summed E-state index contributed by atoms with van der Waals surface area (Å²) in [6, 6.07) is 2.91. The molecule has 0 atom stereocenters. The van der Waals surface area contributed by atoms with Crippen LogP contribution in [-0.2, 0) is 4.74 Å². The molecule has 15 heavy (non-hydrogen) atoms. The Morgan fingerprint density at radius 3 is 2.93 bits per heavy atom. The maximum absolute atomic E-state index is 11.8. The second-order valence-corrected chi connectivity index (χ2v) is 3.51. The van der Waals surface area contributed by atoms with Gasteiger partial charge in [-0.25, -0.2) is 0 Å². The molecule has 1 aromatic heterocycles. The van der Waals surface area contributed by atoms with Gasteiger partial charge in [0.15, 0.2) is 0 Å². The van der Waals surface area contributed by atoms with Crippen molar-refractivity contribution >= 4 is 5.91 Å². The Labute approximate surface area is 86.7 Å². The minimum atomic E-state index is -0.260. The van der Waals surface area contributed by atoms with Crippen molar-refractivity contribution in [3.63, 3.8) is 0 Å². The van der Waals surface area contributed by atoms with Gasteiger partial charge in [0.1, 0.15) is 0 Å². The highest BCUT2D eigenvalue weighted by Gasteiger charge is 2.30. The summed E-state index contributed by atoms with van der Waals surface area (Å²) < 4.78 is 5.06. The largest absolute Gasteiger partial charge is 0.378 e. The van der Waals surface area contributed by atoms with Crippen LogP contribution in [0.5, 0.6) is 0 Å². The summed E-state index contributed by atoms with van der Waals surface area (Å²) in [6.07, 6.45) is 1.61. The van der Waals surface area contributed by atoms with Crippen LogP contribution in [0.1, 0.15) is 10.4 Å². The predicted molar refractivity (Wildman–Crippen MR) is 53.8 cm³/mol. The van der Waals surface area contributed by atoms with Crippen LogP contribution in [0.4, 0.5) is 0 Å². The zero-order chi connectivity index (χ0) is 10.8. The molecule has 2 rings (SSSR count). The fourth-order valence-electron chi connectivity index (χ4n) is 1.51. The number of aromatic nitrogens is 1. The molecular formula is C10H12N2O3. The smallest absolute Gasteiger partial charge is 0.254 e. The van der Waals surface area contributed by atoms with Gasteiger partial charge >= 0.3 is 0 Å². The average Bonchev–Trinajstić information content (AvgIpc) is 2.16. The zero-order valence-corrected chi connectivity index (χ0v) is 8.40. The second-order valence-electron chi connectivity index (χ2n) is 3.51. The third-order valence-electron chi connectivity index (χ3n) is 2.49. The van der Waals surface area contributed by atoms with E-state index in [9.17, 15) is 9.59 Å². The van der Waals surface area contributed by atoms with E-state index in [1.165, 1.54) is 12.3 Å². The number of H-pyrrole nitrogens is 1. The summed E-state index contributed by atoms with van der Waals surface area (Å²) in [4.78, 5) is 26.9. The Bertz CT molecular complexity index is 421. The van der Waals surface area contributed by atoms with Crippen molar-refractivity contribution < 1.29 is 9.53 Å². The Morgan fingerprint density at radius 2 is 2.33 bits per heavy atom. The highest BCUT2D eigenvalue weighted by molar-refractivity contribution is 5.94. The predicted octanol–water partition coefficient (Wildman–Crippen LogP) is -0.154. The lowest BCUT2D eigenvalue weighted by Gasteiger charge is -2.38. The fraction of sp³-hybridized carbons (Fsp3) is 0.400. The lowest BCUT2D eigenvalue weighted by molar-refractivity contribution is -0.0192. The molecule has 1 aliphatic rings. The first kappa shape index (κ1) is 9.92. The molecule has 80 valence electrons. The Hall–Kier alpha value is -1.62. The van der Waals surface area contributed by atoms with E-state index in [-0.39, 0.29) is 17.6 Å². The lowest BCUT2D eigenvalue weighted by atomic mass is 10.1. The highest BCUT2D eigenvalue weighted by Crippen LogP contribution is 2.13. The molecular weight excluding hydrogens is 196 g/mol. The van der Waals surface area contributed by atoms with E-state index in [0.717, 1.165) is 0 Å². The number of ether oxygens (including phenoxy) is 1. The molecule has 0 saturated carbocycles. The molecule has 0 radical (unpaired) electrons. The zero-order valence-electron chi connectivity index (χ0n) is 8.40. The summed E-state index contributed by atoms with van der Waals surface area (Å²) in [5, 5.41) is 0. The normalized spacial score (nSPS) is 16.2. The van der Waals surface area contributed by atoms with Gasteiger partial charge in [-0.15, -0.1) is 0 Å². The third kappa shape index (κ3) is 1.92. The van der Waals surface area contributed by atoms with Crippen LogP contribution in [-0.4, -0.2) is 42.1 Å². The van der Waals surface area contributed by atoms with Gasteiger partial charge < -0.3 is 14.6 Å². The molecule has 0 unspecified atom stereocenters. The first-order chi connectivity index (χ1) is 7.20. The number of nitrogens with one attached hydrogen (secondary N) is 1. The number of amides is 1. The fourth-order valence-corrected chi connectivity index (χ4v) is 1.51. The first-order valence-electron chi connectivity index (χ1n) is 4.71. The van der Waals surface area contributed by atoms with Crippen LogP contribution in [0, 0.1) is 0 Å². The Balaban J connectivity index is 2.06. The van der Waals surface area contributed by atoms with Crippen molar-refractivity contribution in [1.82, 2.24) is 9.88 Å². The van der Waals surface area contributed by atoms with Gasteiger partial charge in [-0.2, -0.15) is 0 Å². The summed E-state index contributed by atoms with van der Waals surface area (Å²) in [7, 11) is 1.62. The third-order valence-corrected chi connectivity index (χ3v) is 2.49. The summed E-state index contributed by atoms with van der Waals surface area (Å²) >= 11 is 0. The van der Waals surface area contributed by atoms with E-state index >= 15 is 0 Å². The molecule has 0 bridgehead atoms.